The molecule has 1 heterocycles. The number of rotatable bonds is 8. The highest BCUT2D eigenvalue weighted by molar-refractivity contribution is 7.99. The summed E-state index contributed by atoms with van der Waals surface area (Å²) in [7, 11) is 2.70. The quantitative estimate of drug-likeness (QED) is 0.463. The van der Waals surface area contributed by atoms with Gasteiger partial charge in [0.05, 0.1) is 20.0 Å². The molecule has 9 heteroatoms. The number of nitrogens with zero attached hydrogens (tertiary/aromatic N) is 2. The fraction of sp³-hybridized carbons (Fsp3) is 0.526. The minimum Gasteiger partial charge on any atom is -0.468 e. The van der Waals surface area contributed by atoms with E-state index >= 15 is 0 Å². The van der Waals surface area contributed by atoms with Crippen LogP contribution in [0.3, 0.4) is 0 Å². The first-order valence-electron chi connectivity index (χ1n) is 8.96. The van der Waals surface area contributed by atoms with E-state index in [4.69, 9.17) is 16.3 Å². The smallest absolute Gasteiger partial charge is 0.327 e. The highest BCUT2D eigenvalue weighted by Crippen LogP contribution is 2.29. The minimum absolute atomic E-state index is 0.0457. The second-order valence-corrected chi connectivity index (χ2v) is 7.76. The largest absolute Gasteiger partial charge is 0.468 e. The van der Waals surface area contributed by atoms with Gasteiger partial charge in [-0.2, -0.15) is 0 Å². The number of halogens is 1. The van der Waals surface area contributed by atoms with Gasteiger partial charge in [-0.1, -0.05) is 29.8 Å². The van der Waals surface area contributed by atoms with Crippen molar-refractivity contribution in [3.8, 4) is 0 Å². The molecule has 1 atom stereocenters. The van der Waals surface area contributed by atoms with Crippen molar-refractivity contribution in [2.45, 2.75) is 12.5 Å². The molecule has 28 heavy (non-hydrogen) atoms. The Morgan fingerprint density at radius 1 is 1.11 bits per heavy atom. The molecule has 1 amide bonds. The molecule has 0 aliphatic carbocycles. The summed E-state index contributed by atoms with van der Waals surface area (Å²) in [5, 5.41) is 0.513. The number of benzene rings is 1. The van der Waals surface area contributed by atoms with E-state index in [2.05, 4.69) is 4.74 Å². The van der Waals surface area contributed by atoms with Crippen molar-refractivity contribution in [3.05, 3.63) is 34.9 Å². The Kier molecular flexibility index (Phi) is 9.08. The van der Waals surface area contributed by atoms with E-state index in [1.807, 2.05) is 23.1 Å². The third-order valence-electron chi connectivity index (χ3n) is 4.56. The molecular weight excluding hydrogens is 404 g/mol. The van der Waals surface area contributed by atoms with Crippen LogP contribution >= 0.6 is 23.4 Å². The Labute approximate surface area is 174 Å². The molecule has 0 spiro atoms. The first kappa shape index (κ1) is 22.5. The van der Waals surface area contributed by atoms with Gasteiger partial charge in [-0.3, -0.25) is 14.5 Å². The van der Waals surface area contributed by atoms with Crippen LogP contribution in [0.1, 0.15) is 18.0 Å². The van der Waals surface area contributed by atoms with Crippen LogP contribution in [0.15, 0.2) is 24.3 Å². The van der Waals surface area contributed by atoms with E-state index in [1.165, 1.54) is 26.0 Å². The van der Waals surface area contributed by atoms with Crippen LogP contribution < -0.4 is 0 Å². The Hall–Kier alpha value is -1.77. The number of methoxy groups -OCH3 is 2. The van der Waals surface area contributed by atoms with Gasteiger partial charge < -0.3 is 14.4 Å². The molecular formula is C19H25ClN2O5S. The summed E-state index contributed by atoms with van der Waals surface area (Å²) in [6.45, 7) is 2.15. The Balaban J connectivity index is 1.90. The summed E-state index contributed by atoms with van der Waals surface area (Å²) in [5.74, 6) is 0.199. The summed E-state index contributed by atoms with van der Waals surface area (Å²) < 4.78 is 9.56. The number of esters is 2. The maximum atomic E-state index is 12.4. The highest BCUT2D eigenvalue weighted by atomic mass is 35.5. The van der Waals surface area contributed by atoms with Crippen LogP contribution in [-0.2, 0) is 23.9 Å². The van der Waals surface area contributed by atoms with Crippen molar-refractivity contribution in [1.82, 2.24) is 9.80 Å². The van der Waals surface area contributed by atoms with Gasteiger partial charge in [0.1, 0.15) is 6.04 Å². The maximum absolute atomic E-state index is 12.4. The lowest BCUT2D eigenvalue weighted by Gasteiger charge is -2.38. The van der Waals surface area contributed by atoms with Gasteiger partial charge in [0.2, 0.25) is 5.91 Å². The van der Waals surface area contributed by atoms with Crippen LogP contribution in [0, 0.1) is 0 Å². The van der Waals surface area contributed by atoms with E-state index in [9.17, 15) is 14.4 Å². The number of carbonyl (C=O) groups excluding carboxylic acids is 3. The van der Waals surface area contributed by atoms with Gasteiger partial charge in [-0.15, -0.1) is 11.8 Å². The van der Waals surface area contributed by atoms with Gasteiger partial charge in [0.25, 0.3) is 0 Å². The molecule has 7 nitrogen and oxygen atoms in total. The third kappa shape index (κ3) is 6.12. The summed E-state index contributed by atoms with van der Waals surface area (Å²) in [5.41, 5.74) is 0.704. The molecule has 1 aromatic rings. The maximum Gasteiger partial charge on any atom is 0.327 e. The second-order valence-electron chi connectivity index (χ2n) is 6.24. The monoisotopic (exact) mass is 428 g/mol. The average Bonchev–Trinajstić information content (AvgIpc) is 2.72. The van der Waals surface area contributed by atoms with Crippen LogP contribution in [0.5, 0.6) is 0 Å². The number of piperazine rings is 1. The third-order valence-corrected chi connectivity index (χ3v) is 5.84. The summed E-state index contributed by atoms with van der Waals surface area (Å²) >= 11 is 7.67. The van der Waals surface area contributed by atoms with E-state index in [-0.39, 0.29) is 23.6 Å². The Morgan fingerprint density at radius 2 is 1.79 bits per heavy atom. The van der Waals surface area contributed by atoms with E-state index in [0.717, 1.165) is 0 Å². The summed E-state index contributed by atoms with van der Waals surface area (Å²) in [6.07, 6.45) is 0.368. The molecule has 1 aliphatic heterocycles. The molecule has 1 aromatic carbocycles. The lowest BCUT2D eigenvalue weighted by atomic mass is 10.0. The molecule has 1 saturated heterocycles. The molecule has 1 unspecified atom stereocenters. The topological polar surface area (TPSA) is 76.2 Å². The normalized spacial score (nSPS) is 15.8. The van der Waals surface area contributed by atoms with Crippen molar-refractivity contribution in [1.29, 1.82) is 0 Å². The second kappa shape index (κ2) is 11.3. The van der Waals surface area contributed by atoms with Gasteiger partial charge in [-0.05, 0) is 11.6 Å². The molecule has 0 N–H and O–H groups in total. The average molecular weight is 429 g/mol. The molecule has 0 bridgehead atoms. The number of hydrogen-bond donors (Lipinski definition) is 0. The minimum atomic E-state index is -0.591. The SMILES string of the molecule is COC(=O)CSCCC(=O)N1CCN(C(C(=O)OC)c2ccccc2Cl)CC1. The molecule has 1 aliphatic rings. The predicted octanol–water partition coefficient (Wildman–Crippen LogP) is 1.99. The molecule has 0 saturated carbocycles. The molecule has 2 rings (SSSR count). The fourth-order valence-corrected chi connectivity index (χ4v) is 4.03. The number of carbonyl (C=O) groups is 3. The van der Waals surface area contributed by atoms with Crippen molar-refractivity contribution in [2.75, 3.05) is 51.9 Å². The lowest BCUT2D eigenvalue weighted by Crippen LogP contribution is -2.51. The molecule has 154 valence electrons. The van der Waals surface area contributed by atoms with Crippen molar-refractivity contribution >= 4 is 41.2 Å². The molecule has 1 fully saturated rings. The number of hydrogen-bond acceptors (Lipinski definition) is 7. The van der Waals surface area contributed by atoms with E-state index in [1.54, 1.807) is 11.0 Å². The Bertz CT molecular complexity index is 695. The first-order chi connectivity index (χ1) is 13.5. The van der Waals surface area contributed by atoms with Crippen molar-refractivity contribution in [3.63, 3.8) is 0 Å². The van der Waals surface area contributed by atoms with Crippen LogP contribution in [0.25, 0.3) is 0 Å². The van der Waals surface area contributed by atoms with Gasteiger partial charge in [0.15, 0.2) is 0 Å². The highest BCUT2D eigenvalue weighted by Gasteiger charge is 2.33. The molecule has 0 aromatic heterocycles. The number of thioether (sulfide) groups is 1. The zero-order valence-corrected chi connectivity index (χ0v) is 17.6. The summed E-state index contributed by atoms with van der Waals surface area (Å²) in [4.78, 5) is 39.6. The van der Waals surface area contributed by atoms with E-state index < -0.39 is 6.04 Å². The van der Waals surface area contributed by atoms with Gasteiger partial charge in [-0.25, -0.2) is 4.79 Å². The zero-order chi connectivity index (χ0) is 20.5. The number of amides is 1. The van der Waals surface area contributed by atoms with Crippen LogP contribution in [-0.4, -0.2) is 79.5 Å². The predicted molar refractivity (Wildman–Crippen MR) is 108 cm³/mol. The number of ether oxygens (including phenoxy) is 2. The van der Waals surface area contributed by atoms with Crippen molar-refractivity contribution in [2.24, 2.45) is 0 Å². The molecule has 0 radical (unpaired) electrons. The van der Waals surface area contributed by atoms with Crippen LogP contribution in [0.2, 0.25) is 5.02 Å². The standard InChI is InChI=1S/C19H25ClN2O5S/c1-26-17(24)13-28-12-7-16(23)21-8-10-22(11-9-21)18(19(25)27-2)14-5-3-4-6-15(14)20/h3-6,18H,7-13H2,1-2H3. The zero-order valence-electron chi connectivity index (χ0n) is 16.1. The van der Waals surface area contributed by atoms with Crippen LogP contribution in [0.4, 0.5) is 0 Å². The first-order valence-corrected chi connectivity index (χ1v) is 10.5. The fourth-order valence-electron chi connectivity index (χ4n) is 3.04. The summed E-state index contributed by atoms with van der Waals surface area (Å²) in [6, 6.07) is 6.63. The van der Waals surface area contributed by atoms with E-state index in [0.29, 0.717) is 48.9 Å². The van der Waals surface area contributed by atoms with Gasteiger partial charge >= 0.3 is 11.9 Å². The lowest BCUT2D eigenvalue weighted by molar-refractivity contribution is -0.148. The van der Waals surface area contributed by atoms with Gasteiger partial charge in [0, 0.05) is 43.4 Å². The Morgan fingerprint density at radius 3 is 2.39 bits per heavy atom. The van der Waals surface area contributed by atoms with Crippen molar-refractivity contribution < 1.29 is 23.9 Å².